The van der Waals surface area contributed by atoms with Crippen LogP contribution in [0.1, 0.15) is 42.0 Å². The topological polar surface area (TPSA) is 87.4 Å². The number of thiocarbonyl (C=S) groups is 1. The lowest BCUT2D eigenvalue weighted by molar-refractivity contribution is -0.122. The fraction of sp³-hybridized carbons (Fsp3) is 0.360. The third kappa shape index (κ3) is 5.99. The predicted octanol–water partition coefficient (Wildman–Crippen LogP) is 4.43. The number of hydrogen-bond acceptors (Lipinski definition) is 7. The Hall–Kier alpha value is -3.00. The highest BCUT2D eigenvalue weighted by molar-refractivity contribution is 8.26. The van der Waals surface area contributed by atoms with Gasteiger partial charge in [0.1, 0.15) is 27.6 Å². The molecule has 2 heterocycles. The van der Waals surface area contributed by atoms with Gasteiger partial charge in [0.05, 0.1) is 4.91 Å². The molecule has 0 saturated carbocycles. The van der Waals surface area contributed by atoms with Crippen molar-refractivity contribution < 1.29 is 13.9 Å². The zero-order chi connectivity index (χ0) is 25.5. The minimum absolute atomic E-state index is 0.0348. The van der Waals surface area contributed by atoms with Gasteiger partial charge in [-0.15, -0.1) is 0 Å². The number of ether oxygens (including phenoxy) is 1. The molecule has 0 aliphatic carbocycles. The molecule has 2 aromatic rings. The van der Waals surface area contributed by atoms with E-state index in [4.69, 9.17) is 17.0 Å². The summed E-state index contributed by atoms with van der Waals surface area (Å²) in [7, 11) is 1.60. The van der Waals surface area contributed by atoms with Crippen LogP contribution in [0.4, 0.5) is 10.2 Å². The number of nitrogens with one attached hydrogen (secondary N) is 1. The van der Waals surface area contributed by atoms with Gasteiger partial charge in [-0.25, -0.2) is 4.39 Å². The molecule has 3 rings (SSSR count). The molecule has 0 spiro atoms. The van der Waals surface area contributed by atoms with E-state index >= 15 is 0 Å². The number of methoxy groups -OCH3 is 1. The van der Waals surface area contributed by atoms with E-state index < -0.39 is 5.56 Å². The Morgan fingerprint density at radius 2 is 1.97 bits per heavy atom. The fourth-order valence-corrected chi connectivity index (χ4v) is 5.06. The van der Waals surface area contributed by atoms with Crippen LogP contribution in [0.3, 0.4) is 0 Å². The normalized spacial score (nSPS) is 14.6. The number of carbonyl (C=O) groups is 1. The third-order valence-corrected chi connectivity index (χ3v) is 6.95. The van der Waals surface area contributed by atoms with Crippen LogP contribution in [0.25, 0.3) is 6.08 Å². The van der Waals surface area contributed by atoms with E-state index in [2.05, 4.69) is 5.32 Å². The highest BCUT2D eigenvalue weighted by Gasteiger charge is 2.32. The van der Waals surface area contributed by atoms with E-state index in [0.29, 0.717) is 65.3 Å². The van der Waals surface area contributed by atoms with Crippen LogP contribution in [0.15, 0.2) is 34.0 Å². The van der Waals surface area contributed by atoms with Crippen molar-refractivity contribution in [1.29, 1.82) is 5.26 Å². The number of pyridine rings is 1. The SMILES string of the molecule is CCCn1c(NCc2ccc(F)cc2)c(/C=C2/SC(=S)N(CCCOC)C2=O)c(C)c(C#N)c1=O. The number of nitriles is 1. The van der Waals surface area contributed by atoms with Gasteiger partial charge in [0.2, 0.25) is 0 Å². The maximum absolute atomic E-state index is 13.3. The summed E-state index contributed by atoms with van der Waals surface area (Å²) in [5, 5.41) is 13.0. The van der Waals surface area contributed by atoms with Crippen molar-refractivity contribution in [3.8, 4) is 6.07 Å². The second-order valence-corrected chi connectivity index (χ2v) is 9.67. The van der Waals surface area contributed by atoms with Crippen molar-refractivity contribution in [2.24, 2.45) is 0 Å². The number of carbonyl (C=O) groups excluding carboxylic acids is 1. The van der Waals surface area contributed by atoms with Crippen molar-refractivity contribution in [1.82, 2.24) is 9.47 Å². The van der Waals surface area contributed by atoms with Gasteiger partial charge in [0, 0.05) is 38.9 Å². The Morgan fingerprint density at radius 3 is 2.60 bits per heavy atom. The van der Waals surface area contributed by atoms with Crippen molar-refractivity contribution in [3.63, 3.8) is 0 Å². The molecule has 0 atom stereocenters. The second kappa shape index (κ2) is 12.1. The summed E-state index contributed by atoms with van der Waals surface area (Å²) in [6, 6.07) is 8.08. The van der Waals surface area contributed by atoms with Gasteiger partial charge in [-0.05, 0) is 49.1 Å². The molecule has 1 aromatic carbocycles. The number of aromatic nitrogens is 1. The van der Waals surface area contributed by atoms with Crippen molar-refractivity contribution in [2.75, 3.05) is 25.6 Å². The predicted molar refractivity (Wildman–Crippen MR) is 141 cm³/mol. The van der Waals surface area contributed by atoms with E-state index in [-0.39, 0.29) is 17.3 Å². The molecule has 184 valence electrons. The van der Waals surface area contributed by atoms with Crippen molar-refractivity contribution in [3.05, 3.63) is 67.6 Å². The summed E-state index contributed by atoms with van der Waals surface area (Å²) in [5.41, 5.74) is 1.52. The van der Waals surface area contributed by atoms with Gasteiger partial charge >= 0.3 is 0 Å². The van der Waals surface area contributed by atoms with Crippen LogP contribution in [0, 0.1) is 24.1 Å². The van der Waals surface area contributed by atoms with E-state index in [1.54, 1.807) is 37.1 Å². The standard InChI is InChI=1S/C25H27FN4O3S2/c1-4-10-29-22(28-15-17-6-8-18(26)9-7-17)19(16(2)20(14-27)23(29)31)13-21-24(32)30(25(34)35-21)11-5-12-33-3/h6-9,13,28H,4-5,10-12,15H2,1-3H3/b21-13+. The van der Waals surface area contributed by atoms with E-state index in [9.17, 15) is 19.2 Å². The summed E-state index contributed by atoms with van der Waals surface area (Å²) >= 11 is 6.61. The van der Waals surface area contributed by atoms with E-state index in [1.165, 1.54) is 28.5 Å². The molecular weight excluding hydrogens is 487 g/mol. The van der Waals surface area contributed by atoms with Crippen LogP contribution < -0.4 is 10.9 Å². The second-order valence-electron chi connectivity index (χ2n) is 7.99. The summed E-state index contributed by atoms with van der Waals surface area (Å²) in [6.45, 7) is 5.31. The molecule has 1 amide bonds. The largest absolute Gasteiger partial charge is 0.385 e. The molecule has 7 nitrogen and oxygen atoms in total. The van der Waals surface area contributed by atoms with Gasteiger partial charge in [-0.1, -0.05) is 43.0 Å². The molecule has 1 aliphatic rings. The summed E-state index contributed by atoms with van der Waals surface area (Å²) in [5.74, 6) is -0.0480. The molecule has 10 heteroatoms. The number of thioether (sulfide) groups is 1. The Morgan fingerprint density at radius 1 is 1.26 bits per heavy atom. The molecule has 0 unspecified atom stereocenters. The molecule has 0 radical (unpaired) electrons. The number of anilines is 1. The lowest BCUT2D eigenvalue weighted by Gasteiger charge is -2.20. The Kier molecular flexibility index (Phi) is 9.20. The Balaban J connectivity index is 2.08. The van der Waals surface area contributed by atoms with Gasteiger partial charge in [-0.3, -0.25) is 19.1 Å². The van der Waals surface area contributed by atoms with Gasteiger partial charge in [-0.2, -0.15) is 5.26 Å². The average molecular weight is 515 g/mol. The minimum Gasteiger partial charge on any atom is -0.385 e. The molecule has 1 saturated heterocycles. The van der Waals surface area contributed by atoms with Crippen LogP contribution in [0.5, 0.6) is 0 Å². The number of amides is 1. The number of rotatable bonds is 10. The first kappa shape index (κ1) is 26.6. The monoisotopic (exact) mass is 514 g/mol. The first-order valence-electron chi connectivity index (χ1n) is 11.2. The van der Waals surface area contributed by atoms with Gasteiger partial charge in [0.15, 0.2) is 0 Å². The van der Waals surface area contributed by atoms with E-state index in [0.717, 1.165) is 5.56 Å². The Labute approximate surface area is 213 Å². The zero-order valence-corrected chi connectivity index (χ0v) is 21.5. The Bertz CT molecular complexity index is 1250. The zero-order valence-electron chi connectivity index (χ0n) is 19.9. The number of halogens is 1. The molecule has 35 heavy (non-hydrogen) atoms. The van der Waals surface area contributed by atoms with E-state index in [1.807, 2.05) is 13.0 Å². The average Bonchev–Trinajstić information content (AvgIpc) is 3.10. The van der Waals surface area contributed by atoms with Crippen LogP contribution in [0.2, 0.25) is 0 Å². The van der Waals surface area contributed by atoms with Crippen molar-refractivity contribution >= 4 is 46.1 Å². The summed E-state index contributed by atoms with van der Waals surface area (Å²) < 4.78 is 20.4. The maximum Gasteiger partial charge on any atom is 0.270 e. The third-order valence-electron chi connectivity index (χ3n) is 5.57. The molecule has 1 N–H and O–H groups in total. The van der Waals surface area contributed by atoms with Crippen LogP contribution in [-0.2, 0) is 22.6 Å². The molecular formula is C25H27FN4O3S2. The lowest BCUT2D eigenvalue weighted by atomic mass is 10.0. The fourth-order valence-electron chi connectivity index (χ4n) is 3.77. The number of nitrogens with zero attached hydrogens (tertiary/aromatic N) is 3. The number of hydrogen-bond donors (Lipinski definition) is 1. The van der Waals surface area contributed by atoms with Crippen molar-refractivity contribution in [2.45, 2.75) is 39.8 Å². The molecule has 1 aliphatic heterocycles. The molecule has 1 aromatic heterocycles. The summed E-state index contributed by atoms with van der Waals surface area (Å²) in [4.78, 5) is 28.2. The maximum atomic E-state index is 13.3. The van der Waals surface area contributed by atoms with Gasteiger partial charge in [0.25, 0.3) is 11.5 Å². The quantitative estimate of drug-likeness (QED) is 0.285. The lowest BCUT2D eigenvalue weighted by Crippen LogP contribution is -2.30. The summed E-state index contributed by atoms with van der Waals surface area (Å²) in [6.07, 6.45) is 3.02. The minimum atomic E-state index is -0.391. The first-order chi connectivity index (χ1) is 16.8. The first-order valence-corrected chi connectivity index (χ1v) is 12.4. The van der Waals surface area contributed by atoms with Crippen LogP contribution in [-0.4, -0.2) is 40.0 Å². The number of benzene rings is 1. The smallest absolute Gasteiger partial charge is 0.270 e. The van der Waals surface area contributed by atoms with Crippen LogP contribution >= 0.6 is 24.0 Å². The highest BCUT2D eigenvalue weighted by atomic mass is 32.2. The highest BCUT2D eigenvalue weighted by Crippen LogP contribution is 2.35. The molecule has 0 bridgehead atoms. The molecule has 1 fully saturated rings. The van der Waals surface area contributed by atoms with Gasteiger partial charge < -0.3 is 10.1 Å².